The summed E-state index contributed by atoms with van der Waals surface area (Å²) < 4.78 is 12.9. The van der Waals surface area contributed by atoms with Crippen molar-refractivity contribution in [2.75, 3.05) is 27.3 Å². The minimum atomic E-state index is -0.508. The Bertz CT molecular complexity index is 904. The molecule has 2 heterocycles. The molecule has 32 heavy (non-hydrogen) atoms. The molecule has 1 aromatic carbocycles. The molecule has 1 amide bonds. The number of aromatic nitrogens is 4. The lowest BCUT2D eigenvalue weighted by molar-refractivity contribution is -0.133. The summed E-state index contributed by atoms with van der Waals surface area (Å²) in [6.07, 6.45) is 6.86. The first kappa shape index (κ1) is 22.5. The van der Waals surface area contributed by atoms with E-state index in [-0.39, 0.29) is 5.91 Å². The Morgan fingerprint density at radius 1 is 1.16 bits per heavy atom. The fraction of sp³-hybridized carbons (Fsp3) is 0.652. The first-order valence-corrected chi connectivity index (χ1v) is 11.6. The lowest BCUT2D eigenvalue weighted by atomic mass is 9.87. The molecule has 1 saturated heterocycles. The molecule has 9 nitrogen and oxygen atoms in total. The van der Waals surface area contributed by atoms with Crippen LogP contribution in [0.2, 0.25) is 0 Å². The second kappa shape index (κ2) is 9.85. The Labute approximate surface area is 189 Å². The van der Waals surface area contributed by atoms with E-state index in [0.717, 1.165) is 55.1 Å². The van der Waals surface area contributed by atoms with Crippen molar-refractivity contribution in [3.63, 3.8) is 0 Å². The summed E-state index contributed by atoms with van der Waals surface area (Å²) in [6.45, 7) is 3.83. The van der Waals surface area contributed by atoms with Gasteiger partial charge < -0.3 is 14.4 Å². The Hall–Kier alpha value is -2.68. The van der Waals surface area contributed by atoms with E-state index in [1.54, 1.807) is 14.2 Å². The van der Waals surface area contributed by atoms with Crippen molar-refractivity contribution in [1.29, 1.82) is 0 Å². The zero-order valence-corrected chi connectivity index (χ0v) is 19.3. The van der Waals surface area contributed by atoms with Gasteiger partial charge in [-0.25, -0.2) is 4.68 Å². The van der Waals surface area contributed by atoms with E-state index in [0.29, 0.717) is 25.6 Å². The quantitative estimate of drug-likeness (QED) is 0.672. The van der Waals surface area contributed by atoms with Crippen LogP contribution in [0.3, 0.4) is 0 Å². The number of amides is 1. The topological polar surface area (TPSA) is 94.4 Å². The Morgan fingerprint density at radius 3 is 2.53 bits per heavy atom. The van der Waals surface area contributed by atoms with E-state index in [4.69, 9.17) is 9.47 Å². The molecule has 174 valence electrons. The van der Waals surface area contributed by atoms with Crippen LogP contribution in [0.1, 0.15) is 69.3 Å². The molecule has 0 spiro atoms. The van der Waals surface area contributed by atoms with E-state index in [2.05, 4.69) is 20.8 Å². The molecular weight excluding hydrogens is 408 g/mol. The Kier molecular flexibility index (Phi) is 6.93. The number of nitrogens with one attached hydrogen (secondary N) is 1. The van der Waals surface area contributed by atoms with Crippen LogP contribution in [0.15, 0.2) is 18.2 Å². The number of ether oxygens (including phenoxy) is 2. The van der Waals surface area contributed by atoms with Crippen LogP contribution in [0, 0.1) is 0 Å². The highest BCUT2D eigenvalue weighted by molar-refractivity contribution is 5.76. The molecule has 1 N–H and O–H groups in total. The molecule has 1 aliphatic carbocycles. The number of hydrogen-bond donors (Lipinski definition) is 1. The predicted molar refractivity (Wildman–Crippen MR) is 119 cm³/mol. The highest BCUT2D eigenvalue weighted by Crippen LogP contribution is 2.36. The molecule has 4 rings (SSSR count). The number of tetrazole rings is 1. The van der Waals surface area contributed by atoms with Gasteiger partial charge >= 0.3 is 0 Å². The van der Waals surface area contributed by atoms with Crippen molar-refractivity contribution < 1.29 is 14.3 Å². The molecule has 0 bridgehead atoms. The summed E-state index contributed by atoms with van der Waals surface area (Å²) in [6, 6.07) is 6.19. The smallest absolute Gasteiger partial charge is 0.222 e. The predicted octanol–water partition coefficient (Wildman–Crippen LogP) is 2.82. The largest absolute Gasteiger partial charge is 0.497 e. The molecule has 0 radical (unpaired) electrons. The number of hydrogen-bond acceptors (Lipinski definition) is 7. The number of rotatable bonds is 8. The van der Waals surface area contributed by atoms with Crippen LogP contribution >= 0.6 is 0 Å². The first-order chi connectivity index (χ1) is 15.6. The van der Waals surface area contributed by atoms with E-state index >= 15 is 0 Å². The van der Waals surface area contributed by atoms with Gasteiger partial charge in [0.2, 0.25) is 5.91 Å². The minimum Gasteiger partial charge on any atom is -0.497 e. The van der Waals surface area contributed by atoms with Gasteiger partial charge in [0.15, 0.2) is 5.82 Å². The molecule has 2 aliphatic rings. The van der Waals surface area contributed by atoms with Gasteiger partial charge in [-0.1, -0.05) is 19.8 Å². The highest BCUT2D eigenvalue weighted by atomic mass is 16.5. The maximum atomic E-state index is 12.6. The maximum absolute atomic E-state index is 12.6. The van der Waals surface area contributed by atoms with Gasteiger partial charge in [0.1, 0.15) is 11.5 Å². The zero-order chi connectivity index (χ0) is 22.6. The van der Waals surface area contributed by atoms with Crippen LogP contribution in [-0.2, 0) is 16.9 Å². The van der Waals surface area contributed by atoms with Gasteiger partial charge in [-0.05, 0) is 53.8 Å². The number of carbonyl (C=O) groups is 1. The van der Waals surface area contributed by atoms with Crippen LogP contribution in [0.4, 0.5) is 0 Å². The summed E-state index contributed by atoms with van der Waals surface area (Å²) in [5.74, 6) is 2.50. The molecule has 9 heteroatoms. The third-order valence-electron chi connectivity index (χ3n) is 6.78. The molecule has 1 saturated carbocycles. The Morgan fingerprint density at radius 2 is 1.88 bits per heavy atom. The summed E-state index contributed by atoms with van der Waals surface area (Å²) in [4.78, 5) is 14.6. The minimum absolute atomic E-state index is 0.166. The second-order valence-corrected chi connectivity index (χ2v) is 8.81. The number of likely N-dealkylation sites (tertiary alicyclic amines) is 1. The van der Waals surface area contributed by atoms with Crippen molar-refractivity contribution in [3.05, 3.63) is 29.6 Å². The normalized spacial score (nSPS) is 21.7. The van der Waals surface area contributed by atoms with Crippen molar-refractivity contribution in [2.45, 2.75) is 70.0 Å². The fourth-order valence-corrected chi connectivity index (χ4v) is 5.04. The highest BCUT2D eigenvalue weighted by Gasteiger charge is 2.43. The van der Waals surface area contributed by atoms with Crippen molar-refractivity contribution in [2.24, 2.45) is 0 Å². The first-order valence-electron chi connectivity index (χ1n) is 11.6. The van der Waals surface area contributed by atoms with Gasteiger partial charge in [0.25, 0.3) is 0 Å². The molecule has 2 aromatic rings. The summed E-state index contributed by atoms with van der Waals surface area (Å²) in [5.41, 5.74) is 0.533. The molecule has 2 fully saturated rings. The van der Waals surface area contributed by atoms with Gasteiger partial charge in [0.05, 0.1) is 25.8 Å². The van der Waals surface area contributed by atoms with Crippen molar-refractivity contribution in [1.82, 2.24) is 30.4 Å². The van der Waals surface area contributed by atoms with Crippen LogP contribution in [0.5, 0.6) is 11.5 Å². The summed E-state index contributed by atoms with van der Waals surface area (Å²) in [5, 5.41) is 16.7. The monoisotopic (exact) mass is 442 g/mol. The molecular formula is C23H34N6O3. The van der Waals surface area contributed by atoms with Crippen molar-refractivity contribution >= 4 is 5.91 Å². The third-order valence-corrected chi connectivity index (χ3v) is 6.78. The van der Waals surface area contributed by atoms with E-state index in [1.165, 1.54) is 12.8 Å². The average Bonchev–Trinajstić information content (AvgIpc) is 3.54. The zero-order valence-electron chi connectivity index (χ0n) is 19.3. The second-order valence-electron chi connectivity index (χ2n) is 8.81. The number of benzene rings is 1. The van der Waals surface area contributed by atoms with E-state index in [1.807, 2.05) is 34.7 Å². The number of nitrogens with zero attached hydrogens (tertiary/aromatic N) is 5. The number of piperidine rings is 1. The van der Waals surface area contributed by atoms with E-state index in [9.17, 15) is 4.79 Å². The van der Waals surface area contributed by atoms with Crippen molar-refractivity contribution in [3.8, 4) is 11.5 Å². The molecule has 1 aromatic heterocycles. The SMILES string of the molecule is CCC(=O)N1CCCC(NCc2cc(OC)cc(OC)c2)(c2nnnn2C2CCCC2)C1. The maximum Gasteiger partial charge on any atom is 0.222 e. The summed E-state index contributed by atoms with van der Waals surface area (Å²) in [7, 11) is 3.30. The van der Waals surface area contributed by atoms with Gasteiger partial charge in [0, 0.05) is 32.1 Å². The lowest BCUT2D eigenvalue weighted by Gasteiger charge is -2.43. The Balaban J connectivity index is 1.66. The fourth-order valence-electron chi connectivity index (χ4n) is 5.04. The van der Waals surface area contributed by atoms with Gasteiger partial charge in [-0.3, -0.25) is 10.1 Å². The van der Waals surface area contributed by atoms with E-state index < -0.39 is 5.54 Å². The molecule has 1 unspecified atom stereocenters. The number of carbonyl (C=O) groups excluding carboxylic acids is 1. The third kappa shape index (κ3) is 4.57. The van der Waals surface area contributed by atoms with Gasteiger partial charge in [-0.2, -0.15) is 0 Å². The molecule has 1 aliphatic heterocycles. The average molecular weight is 443 g/mol. The van der Waals surface area contributed by atoms with Crippen LogP contribution < -0.4 is 14.8 Å². The summed E-state index contributed by atoms with van der Waals surface area (Å²) >= 11 is 0. The lowest BCUT2D eigenvalue weighted by Crippen LogP contribution is -2.57. The van der Waals surface area contributed by atoms with Crippen LogP contribution in [0.25, 0.3) is 0 Å². The van der Waals surface area contributed by atoms with Crippen LogP contribution in [-0.4, -0.2) is 58.3 Å². The molecule has 1 atom stereocenters. The number of methoxy groups -OCH3 is 2. The van der Waals surface area contributed by atoms with Gasteiger partial charge in [-0.15, -0.1) is 5.10 Å². The standard InChI is InChI=1S/C23H34N6O3/c1-4-21(30)28-11-7-10-23(16-28,22-25-26-27-29(22)18-8-5-6-9-18)24-15-17-12-19(31-2)14-20(13-17)32-3/h12-14,18,24H,4-11,15-16H2,1-3H3.